The van der Waals surface area contributed by atoms with Gasteiger partial charge in [-0.15, -0.1) is 21.5 Å². The number of nitrogens with one attached hydrogen (secondary N) is 2. The average molecular weight is 349 g/mol. The van der Waals surface area contributed by atoms with Crippen LogP contribution >= 0.6 is 11.3 Å². The Kier molecular flexibility index (Phi) is 4.61. The van der Waals surface area contributed by atoms with Gasteiger partial charge in [-0.25, -0.2) is 8.78 Å². The molecule has 0 saturated heterocycles. The zero-order valence-electron chi connectivity index (χ0n) is 12.6. The number of thiophene rings is 1. The minimum Gasteiger partial charge on any atom is -0.337 e. The molecule has 24 heavy (non-hydrogen) atoms. The highest BCUT2D eigenvalue weighted by molar-refractivity contribution is 7.12. The summed E-state index contributed by atoms with van der Waals surface area (Å²) in [4.78, 5) is 13.1. The third-order valence-electron chi connectivity index (χ3n) is 3.50. The maximum Gasteiger partial charge on any atom is 0.262 e. The second kappa shape index (κ2) is 6.83. The average Bonchev–Trinajstić information content (AvgIpc) is 3.26. The Morgan fingerprint density at radius 2 is 2.21 bits per heavy atom. The number of halogens is 2. The van der Waals surface area contributed by atoms with E-state index >= 15 is 0 Å². The van der Waals surface area contributed by atoms with Crippen LogP contribution in [0.4, 0.5) is 8.78 Å². The van der Waals surface area contributed by atoms with Crippen molar-refractivity contribution in [3.63, 3.8) is 0 Å². The minimum atomic E-state index is -1.06. The molecule has 0 spiro atoms. The van der Waals surface area contributed by atoms with E-state index in [9.17, 15) is 13.6 Å². The van der Waals surface area contributed by atoms with Crippen LogP contribution in [0.1, 0.15) is 39.6 Å². The molecule has 3 aromatic rings. The fraction of sp³-hybridized carbons (Fsp3) is 0.200. The van der Waals surface area contributed by atoms with E-state index in [0.717, 1.165) is 23.8 Å². The molecule has 2 aromatic heterocycles. The summed E-state index contributed by atoms with van der Waals surface area (Å²) in [5.41, 5.74) is 0.809. The van der Waals surface area contributed by atoms with E-state index in [4.69, 9.17) is 0 Å². The lowest BCUT2D eigenvalue weighted by Crippen LogP contribution is -2.31. The van der Waals surface area contributed by atoms with Gasteiger partial charge in [-0.3, -0.25) is 4.79 Å². The lowest BCUT2D eigenvalue weighted by molar-refractivity contribution is 0.0944. The molecule has 0 aliphatic carbocycles. The highest BCUT2D eigenvalue weighted by atomic mass is 32.1. The largest absolute Gasteiger partial charge is 0.337 e. The van der Waals surface area contributed by atoms with Crippen molar-refractivity contribution in [2.45, 2.75) is 19.4 Å². The zero-order valence-corrected chi connectivity index (χ0v) is 13.4. The maximum atomic E-state index is 14.1. The monoisotopic (exact) mass is 349 g/mol. The molecular formula is C15H13F2N5OS. The Hall–Kier alpha value is -2.68. The molecule has 1 amide bonds. The van der Waals surface area contributed by atoms with Crippen LogP contribution in [0.15, 0.2) is 29.6 Å². The highest BCUT2D eigenvalue weighted by Crippen LogP contribution is 2.24. The number of carbonyl (C=O) groups is 1. The Morgan fingerprint density at radius 1 is 1.38 bits per heavy atom. The van der Waals surface area contributed by atoms with E-state index in [0.29, 0.717) is 11.3 Å². The predicted octanol–water partition coefficient (Wildman–Crippen LogP) is 2.62. The van der Waals surface area contributed by atoms with Gasteiger partial charge in [0, 0.05) is 5.56 Å². The Balaban J connectivity index is 1.97. The molecule has 3 rings (SSSR count). The first kappa shape index (κ1) is 16.2. The Bertz CT molecular complexity index is 849. The van der Waals surface area contributed by atoms with E-state index < -0.39 is 23.6 Å². The minimum absolute atomic E-state index is 0.0439. The smallest absolute Gasteiger partial charge is 0.262 e. The van der Waals surface area contributed by atoms with E-state index in [-0.39, 0.29) is 11.4 Å². The number of aromatic amines is 1. The SMILES string of the molecule is CCc1ccsc1C(=O)N[C@H](c1nn[nH]n1)c1cc(F)ccc1F. The lowest BCUT2D eigenvalue weighted by Gasteiger charge is -2.16. The molecule has 6 nitrogen and oxygen atoms in total. The van der Waals surface area contributed by atoms with Gasteiger partial charge in [0.15, 0.2) is 0 Å². The number of benzene rings is 1. The van der Waals surface area contributed by atoms with Gasteiger partial charge in [0.25, 0.3) is 5.91 Å². The van der Waals surface area contributed by atoms with Crippen molar-refractivity contribution in [3.8, 4) is 0 Å². The molecule has 0 radical (unpaired) electrons. The zero-order chi connectivity index (χ0) is 17.1. The fourth-order valence-corrected chi connectivity index (χ4v) is 3.22. The molecule has 1 aromatic carbocycles. The molecule has 0 fully saturated rings. The van der Waals surface area contributed by atoms with Crippen LogP contribution in [0, 0.1) is 11.6 Å². The maximum absolute atomic E-state index is 14.1. The number of hydrogen-bond acceptors (Lipinski definition) is 5. The van der Waals surface area contributed by atoms with Gasteiger partial charge in [0.1, 0.15) is 17.7 Å². The first-order chi connectivity index (χ1) is 11.6. The number of carbonyl (C=O) groups excluding carboxylic acids is 1. The molecule has 0 aliphatic heterocycles. The van der Waals surface area contributed by atoms with Crippen molar-refractivity contribution >= 4 is 17.2 Å². The fourth-order valence-electron chi connectivity index (χ4n) is 2.32. The molecule has 0 aliphatic rings. The summed E-state index contributed by atoms with van der Waals surface area (Å²) >= 11 is 1.28. The number of amides is 1. The quantitative estimate of drug-likeness (QED) is 0.742. The van der Waals surface area contributed by atoms with Crippen molar-refractivity contribution in [2.24, 2.45) is 0 Å². The van der Waals surface area contributed by atoms with Crippen molar-refractivity contribution in [1.29, 1.82) is 0 Å². The number of aryl methyl sites for hydroxylation is 1. The highest BCUT2D eigenvalue weighted by Gasteiger charge is 2.26. The molecule has 2 heterocycles. The molecule has 2 N–H and O–H groups in total. The number of rotatable bonds is 5. The number of hydrogen-bond donors (Lipinski definition) is 2. The molecular weight excluding hydrogens is 336 g/mol. The summed E-state index contributed by atoms with van der Waals surface area (Å²) in [7, 11) is 0. The summed E-state index contributed by atoms with van der Waals surface area (Å²) in [5.74, 6) is -1.66. The van der Waals surface area contributed by atoms with Gasteiger partial charge in [0.05, 0.1) is 4.88 Å². The van der Waals surface area contributed by atoms with Gasteiger partial charge in [-0.1, -0.05) is 12.1 Å². The summed E-state index contributed by atoms with van der Waals surface area (Å²) in [6.07, 6.45) is 0.688. The van der Waals surface area contributed by atoms with Crippen molar-refractivity contribution in [3.05, 3.63) is 63.1 Å². The molecule has 124 valence electrons. The predicted molar refractivity (Wildman–Crippen MR) is 83.5 cm³/mol. The van der Waals surface area contributed by atoms with E-state index in [1.807, 2.05) is 13.0 Å². The molecule has 0 unspecified atom stereocenters. The van der Waals surface area contributed by atoms with Gasteiger partial charge >= 0.3 is 0 Å². The van der Waals surface area contributed by atoms with Crippen LogP contribution in [0.3, 0.4) is 0 Å². The lowest BCUT2D eigenvalue weighted by atomic mass is 10.0. The van der Waals surface area contributed by atoms with E-state index in [1.165, 1.54) is 11.3 Å². The Labute approximate surface area is 139 Å². The summed E-state index contributed by atoms with van der Waals surface area (Å²) in [5, 5.41) is 17.7. The number of H-pyrrole nitrogens is 1. The van der Waals surface area contributed by atoms with Crippen LogP contribution < -0.4 is 5.32 Å². The first-order valence-corrected chi connectivity index (χ1v) is 8.03. The number of tetrazole rings is 1. The topological polar surface area (TPSA) is 83.6 Å². The van der Waals surface area contributed by atoms with E-state index in [2.05, 4.69) is 25.9 Å². The number of nitrogens with zero attached hydrogens (tertiary/aromatic N) is 3. The standard InChI is InChI=1S/C15H13F2N5OS/c1-2-8-5-6-24-13(8)15(23)18-12(14-19-21-22-20-14)10-7-9(16)3-4-11(10)17/h3-7,12H,2H2,1H3,(H,18,23)(H,19,20,21,22)/t12-/m0/s1. The summed E-state index contributed by atoms with van der Waals surface area (Å²) < 4.78 is 27.7. The van der Waals surface area contributed by atoms with Gasteiger partial charge < -0.3 is 5.32 Å². The Morgan fingerprint density at radius 3 is 2.92 bits per heavy atom. The third-order valence-corrected chi connectivity index (χ3v) is 4.45. The third kappa shape index (κ3) is 3.16. The normalized spacial score (nSPS) is 12.1. The van der Waals surface area contributed by atoms with Gasteiger partial charge in [-0.05, 0) is 41.6 Å². The second-order valence-electron chi connectivity index (χ2n) is 4.97. The van der Waals surface area contributed by atoms with Gasteiger partial charge in [0.2, 0.25) is 5.82 Å². The molecule has 1 atom stereocenters. The van der Waals surface area contributed by atoms with E-state index in [1.54, 1.807) is 5.38 Å². The second-order valence-corrected chi connectivity index (χ2v) is 5.89. The van der Waals surface area contributed by atoms with Crippen LogP contribution in [-0.2, 0) is 6.42 Å². The van der Waals surface area contributed by atoms with Crippen LogP contribution in [0.2, 0.25) is 0 Å². The molecule has 0 bridgehead atoms. The molecule has 9 heteroatoms. The molecule has 0 saturated carbocycles. The van der Waals surface area contributed by atoms with Crippen LogP contribution in [-0.4, -0.2) is 26.5 Å². The number of aromatic nitrogens is 4. The van der Waals surface area contributed by atoms with Crippen molar-refractivity contribution in [1.82, 2.24) is 25.9 Å². The van der Waals surface area contributed by atoms with Crippen molar-refractivity contribution < 1.29 is 13.6 Å². The van der Waals surface area contributed by atoms with Gasteiger partial charge in [-0.2, -0.15) is 5.21 Å². The van der Waals surface area contributed by atoms with Crippen molar-refractivity contribution in [2.75, 3.05) is 0 Å². The van der Waals surface area contributed by atoms with Crippen LogP contribution in [0.5, 0.6) is 0 Å². The summed E-state index contributed by atoms with van der Waals surface area (Å²) in [6.45, 7) is 1.93. The van der Waals surface area contributed by atoms with Crippen LogP contribution in [0.25, 0.3) is 0 Å². The summed E-state index contributed by atoms with van der Waals surface area (Å²) in [6, 6.07) is 3.80. The first-order valence-electron chi connectivity index (χ1n) is 7.15.